The molecule has 0 saturated carbocycles. The summed E-state index contributed by atoms with van der Waals surface area (Å²) in [6.07, 6.45) is 0. The molecule has 0 unspecified atom stereocenters. The number of ether oxygens (including phenoxy) is 2. The fourth-order valence-corrected chi connectivity index (χ4v) is 2.93. The molecule has 138 valence electrons. The Kier molecular flexibility index (Phi) is 4.74. The van der Waals surface area contributed by atoms with Gasteiger partial charge in [-0.1, -0.05) is 35.5 Å². The van der Waals surface area contributed by atoms with Crippen molar-refractivity contribution < 1.29 is 18.8 Å². The predicted octanol–water partition coefficient (Wildman–Crippen LogP) is 2.75. The summed E-state index contributed by atoms with van der Waals surface area (Å²) < 4.78 is 16.2. The molecule has 1 amide bonds. The molecular formula is C20H19N3O4. The molecule has 4 rings (SSSR count). The van der Waals surface area contributed by atoms with Crippen molar-refractivity contribution in [3.8, 4) is 22.9 Å². The van der Waals surface area contributed by atoms with Crippen LogP contribution in [0, 0.1) is 0 Å². The Morgan fingerprint density at radius 2 is 1.89 bits per heavy atom. The van der Waals surface area contributed by atoms with E-state index in [-0.39, 0.29) is 18.4 Å². The lowest BCUT2D eigenvalue weighted by atomic mass is 10.0. The molecule has 2 heterocycles. The molecule has 1 aliphatic rings. The average Bonchev–Trinajstić information content (AvgIpc) is 3.15. The van der Waals surface area contributed by atoms with Crippen LogP contribution in [-0.4, -0.2) is 47.8 Å². The second kappa shape index (κ2) is 7.49. The van der Waals surface area contributed by atoms with Crippen LogP contribution in [0.15, 0.2) is 59.1 Å². The zero-order valence-corrected chi connectivity index (χ0v) is 14.9. The fraction of sp³-hybridized carbons (Fsp3) is 0.250. The van der Waals surface area contributed by atoms with Gasteiger partial charge in [-0.25, -0.2) is 0 Å². The third-order valence-corrected chi connectivity index (χ3v) is 4.48. The number of nitrogens with zero attached hydrogens (tertiary/aromatic N) is 3. The van der Waals surface area contributed by atoms with E-state index in [1.54, 1.807) is 12.0 Å². The molecule has 27 heavy (non-hydrogen) atoms. The van der Waals surface area contributed by atoms with Gasteiger partial charge >= 0.3 is 0 Å². The number of hydrogen-bond donors (Lipinski definition) is 0. The van der Waals surface area contributed by atoms with Crippen molar-refractivity contribution in [1.29, 1.82) is 0 Å². The van der Waals surface area contributed by atoms with Gasteiger partial charge in [-0.3, -0.25) is 4.79 Å². The second-order valence-electron chi connectivity index (χ2n) is 6.25. The highest BCUT2D eigenvalue weighted by atomic mass is 16.5. The summed E-state index contributed by atoms with van der Waals surface area (Å²) in [7, 11) is 1.60. The summed E-state index contributed by atoms with van der Waals surface area (Å²) in [6.45, 7) is 1.11. The Hall–Kier alpha value is -3.35. The van der Waals surface area contributed by atoms with Gasteiger partial charge in [0.2, 0.25) is 11.7 Å². The monoisotopic (exact) mass is 365 g/mol. The molecule has 0 radical (unpaired) electrons. The van der Waals surface area contributed by atoms with E-state index >= 15 is 0 Å². The Balaban J connectivity index is 1.33. The molecule has 1 fully saturated rings. The Bertz CT molecular complexity index is 920. The average molecular weight is 365 g/mol. The lowest BCUT2D eigenvalue weighted by molar-refractivity contribution is -0.138. The first-order valence-electron chi connectivity index (χ1n) is 8.67. The summed E-state index contributed by atoms with van der Waals surface area (Å²) in [4.78, 5) is 18.4. The molecule has 7 nitrogen and oxygen atoms in total. The first-order chi connectivity index (χ1) is 13.2. The van der Waals surface area contributed by atoms with E-state index in [4.69, 9.17) is 14.0 Å². The van der Waals surface area contributed by atoms with Crippen molar-refractivity contribution in [3.05, 3.63) is 60.5 Å². The smallest absolute Gasteiger partial charge is 0.260 e. The van der Waals surface area contributed by atoms with Gasteiger partial charge < -0.3 is 18.9 Å². The Morgan fingerprint density at radius 3 is 2.67 bits per heavy atom. The number of rotatable bonds is 6. The van der Waals surface area contributed by atoms with Gasteiger partial charge in [0.25, 0.3) is 5.91 Å². The molecule has 1 saturated heterocycles. The largest absolute Gasteiger partial charge is 0.496 e. The minimum atomic E-state index is -0.0560. The molecule has 0 atom stereocenters. The molecule has 0 spiro atoms. The van der Waals surface area contributed by atoms with Crippen molar-refractivity contribution in [3.63, 3.8) is 0 Å². The van der Waals surface area contributed by atoms with Crippen molar-refractivity contribution in [1.82, 2.24) is 15.0 Å². The second-order valence-corrected chi connectivity index (χ2v) is 6.25. The van der Waals surface area contributed by atoms with E-state index < -0.39 is 0 Å². The topological polar surface area (TPSA) is 77.7 Å². The van der Waals surface area contributed by atoms with Gasteiger partial charge in [0.05, 0.1) is 18.6 Å². The predicted molar refractivity (Wildman–Crippen MR) is 97.5 cm³/mol. The van der Waals surface area contributed by atoms with Gasteiger partial charge in [-0.05, 0) is 24.3 Å². The zero-order chi connectivity index (χ0) is 18.6. The number of carbonyl (C=O) groups excluding carboxylic acids is 1. The molecule has 0 bridgehead atoms. The summed E-state index contributed by atoms with van der Waals surface area (Å²) in [5, 5.41) is 4.05. The maximum atomic E-state index is 12.2. The molecule has 0 aliphatic carbocycles. The normalized spacial score (nSPS) is 13.9. The summed E-state index contributed by atoms with van der Waals surface area (Å²) in [5.41, 5.74) is 0.776. The van der Waals surface area contributed by atoms with Crippen LogP contribution in [0.5, 0.6) is 11.5 Å². The van der Waals surface area contributed by atoms with Crippen molar-refractivity contribution in [2.24, 2.45) is 0 Å². The number of hydrogen-bond acceptors (Lipinski definition) is 6. The molecule has 3 aromatic rings. The van der Waals surface area contributed by atoms with Crippen LogP contribution in [0.25, 0.3) is 11.4 Å². The third-order valence-electron chi connectivity index (χ3n) is 4.48. The van der Waals surface area contributed by atoms with Gasteiger partial charge in [0.15, 0.2) is 6.61 Å². The summed E-state index contributed by atoms with van der Waals surface area (Å²) in [6, 6.07) is 16.8. The van der Waals surface area contributed by atoms with Crippen molar-refractivity contribution in [2.75, 3.05) is 26.8 Å². The molecule has 1 aromatic heterocycles. The SMILES string of the molecule is COc1ccccc1-c1noc(C2CN(C(=O)COc3ccccc3)C2)n1. The van der Waals surface area contributed by atoms with Gasteiger partial charge in [-0.15, -0.1) is 0 Å². The third kappa shape index (κ3) is 3.62. The van der Waals surface area contributed by atoms with Crippen LogP contribution < -0.4 is 9.47 Å². The molecule has 7 heteroatoms. The molecular weight excluding hydrogens is 346 g/mol. The maximum absolute atomic E-state index is 12.2. The minimum Gasteiger partial charge on any atom is -0.496 e. The molecule has 0 N–H and O–H groups in total. The zero-order valence-electron chi connectivity index (χ0n) is 14.9. The number of likely N-dealkylation sites (tertiary alicyclic amines) is 1. The first-order valence-corrected chi connectivity index (χ1v) is 8.67. The van der Waals surface area contributed by atoms with Crippen molar-refractivity contribution in [2.45, 2.75) is 5.92 Å². The Morgan fingerprint density at radius 1 is 1.15 bits per heavy atom. The van der Waals surface area contributed by atoms with Gasteiger partial charge in [0.1, 0.15) is 11.5 Å². The Labute approximate surface area is 156 Å². The fourth-order valence-electron chi connectivity index (χ4n) is 2.93. The number of carbonyl (C=O) groups is 1. The van der Waals surface area contributed by atoms with Gasteiger partial charge in [-0.2, -0.15) is 4.98 Å². The van der Waals surface area contributed by atoms with E-state index in [1.165, 1.54) is 0 Å². The van der Waals surface area contributed by atoms with E-state index in [1.807, 2.05) is 54.6 Å². The minimum absolute atomic E-state index is 0.0209. The van der Waals surface area contributed by atoms with Crippen molar-refractivity contribution >= 4 is 5.91 Å². The highest BCUT2D eigenvalue weighted by Gasteiger charge is 2.35. The lowest BCUT2D eigenvalue weighted by Gasteiger charge is -2.36. The van der Waals surface area contributed by atoms with Crippen LogP contribution in [0.3, 0.4) is 0 Å². The number of aromatic nitrogens is 2. The molecule has 1 aliphatic heterocycles. The van der Waals surface area contributed by atoms with E-state index in [0.717, 1.165) is 5.56 Å². The summed E-state index contributed by atoms with van der Waals surface area (Å²) in [5.74, 6) is 2.37. The maximum Gasteiger partial charge on any atom is 0.260 e. The van der Waals surface area contributed by atoms with Crippen LogP contribution in [0.1, 0.15) is 11.8 Å². The van der Waals surface area contributed by atoms with Gasteiger partial charge in [0, 0.05) is 13.1 Å². The van der Waals surface area contributed by atoms with Crippen LogP contribution >= 0.6 is 0 Å². The van der Waals surface area contributed by atoms with E-state index in [9.17, 15) is 4.79 Å². The van der Waals surface area contributed by atoms with E-state index in [2.05, 4.69) is 10.1 Å². The van der Waals surface area contributed by atoms with Crippen LogP contribution in [0.4, 0.5) is 0 Å². The number of para-hydroxylation sites is 2. The lowest BCUT2D eigenvalue weighted by Crippen LogP contribution is -2.50. The number of amides is 1. The highest BCUT2D eigenvalue weighted by Crippen LogP contribution is 2.31. The number of methoxy groups -OCH3 is 1. The van der Waals surface area contributed by atoms with Crippen LogP contribution in [0.2, 0.25) is 0 Å². The van der Waals surface area contributed by atoms with Crippen LogP contribution in [-0.2, 0) is 4.79 Å². The number of benzene rings is 2. The summed E-state index contributed by atoms with van der Waals surface area (Å²) >= 11 is 0. The van der Waals surface area contributed by atoms with E-state index in [0.29, 0.717) is 36.3 Å². The first kappa shape index (κ1) is 17.1. The standard InChI is InChI=1S/C20H19N3O4/c1-25-17-10-6-5-9-16(17)19-21-20(27-22-19)14-11-23(12-14)18(24)13-26-15-7-3-2-4-8-15/h2-10,14H,11-13H2,1H3. The molecule has 2 aromatic carbocycles. The quantitative estimate of drug-likeness (QED) is 0.668. The highest BCUT2D eigenvalue weighted by molar-refractivity contribution is 5.78.